The molecule has 2 amide bonds. The lowest BCUT2D eigenvalue weighted by Crippen LogP contribution is -2.53. The second kappa shape index (κ2) is 9.99. The number of hydrogen-bond acceptors (Lipinski definition) is 5. The topological polar surface area (TPSA) is 75.7 Å². The number of hydrogen-bond donors (Lipinski definition) is 1. The van der Waals surface area contributed by atoms with Crippen LogP contribution in [0.1, 0.15) is 22.3 Å². The molecule has 7 heteroatoms. The monoisotopic (exact) mass is 474 g/mol. The molecule has 2 saturated heterocycles. The molecule has 0 aromatic heterocycles. The maximum Gasteiger partial charge on any atom is 0.252 e. The van der Waals surface area contributed by atoms with Gasteiger partial charge in [0.15, 0.2) is 5.78 Å². The quantitative estimate of drug-likeness (QED) is 0.568. The summed E-state index contributed by atoms with van der Waals surface area (Å²) >= 11 is 1.59. The Morgan fingerprint density at radius 1 is 1.03 bits per heavy atom. The number of ether oxygens (including phenoxy) is 1. The minimum Gasteiger partial charge on any atom is -0.368 e. The lowest BCUT2D eigenvalue weighted by Gasteiger charge is -2.27. The van der Waals surface area contributed by atoms with Crippen LogP contribution in [-0.2, 0) is 20.1 Å². The van der Waals surface area contributed by atoms with E-state index in [9.17, 15) is 14.4 Å². The van der Waals surface area contributed by atoms with Crippen molar-refractivity contribution in [1.82, 2.24) is 10.2 Å². The first-order valence-electron chi connectivity index (χ1n) is 11.5. The van der Waals surface area contributed by atoms with Crippen LogP contribution in [0, 0.1) is 0 Å². The van der Waals surface area contributed by atoms with Crippen LogP contribution in [0.3, 0.4) is 0 Å². The predicted molar refractivity (Wildman–Crippen MR) is 133 cm³/mol. The number of likely N-dealkylation sites (tertiary alicyclic amines) is 1. The summed E-state index contributed by atoms with van der Waals surface area (Å²) in [5.74, 6) is 0.559. The van der Waals surface area contributed by atoms with Crippen molar-refractivity contribution in [3.8, 4) is 0 Å². The number of nitrogens with zero attached hydrogens (tertiary/aromatic N) is 1. The van der Waals surface area contributed by atoms with Crippen LogP contribution in [-0.4, -0.2) is 59.6 Å². The molecule has 5 rings (SSSR count). The van der Waals surface area contributed by atoms with E-state index in [2.05, 4.69) is 5.32 Å². The van der Waals surface area contributed by atoms with Crippen LogP contribution in [0.25, 0.3) is 10.8 Å². The van der Waals surface area contributed by atoms with Gasteiger partial charge in [-0.3, -0.25) is 14.4 Å². The molecule has 3 atom stereocenters. The summed E-state index contributed by atoms with van der Waals surface area (Å²) in [5, 5.41) is 4.78. The molecule has 3 aromatic rings. The van der Waals surface area contributed by atoms with E-state index in [0.717, 1.165) is 22.1 Å². The van der Waals surface area contributed by atoms with Crippen molar-refractivity contribution in [3.63, 3.8) is 0 Å². The number of carbonyl (C=O) groups is 3. The molecule has 2 heterocycles. The molecule has 1 N–H and O–H groups in total. The Hall–Kier alpha value is -3.16. The fraction of sp³-hybridized carbons (Fsp3) is 0.296. The highest BCUT2D eigenvalue weighted by atomic mass is 32.2. The molecule has 0 spiro atoms. The van der Waals surface area contributed by atoms with Gasteiger partial charge in [-0.15, -0.1) is 0 Å². The molecule has 2 aliphatic heterocycles. The summed E-state index contributed by atoms with van der Waals surface area (Å²) in [6, 6.07) is 22.0. The number of amides is 2. The largest absolute Gasteiger partial charge is 0.368 e. The lowest BCUT2D eigenvalue weighted by molar-refractivity contribution is -0.137. The number of nitrogens with one attached hydrogen (secondary N) is 1. The summed E-state index contributed by atoms with van der Waals surface area (Å²) in [4.78, 5) is 40.9. The van der Waals surface area contributed by atoms with Gasteiger partial charge in [-0.05, 0) is 28.8 Å². The highest BCUT2D eigenvalue weighted by molar-refractivity contribution is 7.98. The van der Waals surface area contributed by atoms with E-state index in [1.807, 2.05) is 66.7 Å². The molecule has 2 aliphatic rings. The van der Waals surface area contributed by atoms with E-state index < -0.39 is 12.1 Å². The minimum atomic E-state index is -0.743. The highest BCUT2D eigenvalue weighted by Crippen LogP contribution is 2.28. The fourth-order valence-corrected chi connectivity index (χ4v) is 5.75. The molecule has 0 radical (unpaired) electrons. The number of rotatable bonds is 7. The number of fused-ring (bicyclic) bond motifs is 2. The van der Waals surface area contributed by atoms with E-state index in [-0.39, 0.29) is 30.3 Å². The zero-order valence-electron chi connectivity index (χ0n) is 18.7. The average Bonchev–Trinajstić information content (AvgIpc) is 3.46. The first-order chi connectivity index (χ1) is 16.6. The molecule has 6 nitrogen and oxygen atoms in total. The molecule has 0 bridgehead atoms. The normalized spacial score (nSPS) is 20.4. The first kappa shape index (κ1) is 22.6. The average molecular weight is 475 g/mol. The number of Topliss-reactive ketones (excluding diaryl/α,β-unsaturated/α-hetero) is 1. The standard InChI is InChI=1S/C27H26N2O4S/c30-23-15-33-24-13-14-29(25(23)24)27(32)22(17-34-16-18-7-2-1-3-8-18)28-26(31)21-12-6-10-19-9-4-5-11-20(19)21/h1-12,22,24-25H,13-17H2,(H,28,31)/t22-,24?,25?/m0/s1. The van der Waals surface area contributed by atoms with Crippen LogP contribution in [0.4, 0.5) is 0 Å². The van der Waals surface area contributed by atoms with Gasteiger partial charge in [0.25, 0.3) is 5.91 Å². The van der Waals surface area contributed by atoms with Crippen molar-refractivity contribution in [2.75, 3.05) is 18.9 Å². The van der Waals surface area contributed by atoms with Crippen LogP contribution >= 0.6 is 11.8 Å². The Morgan fingerprint density at radius 3 is 2.65 bits per heavy atom. The molecule has 0 saturated carbocycles. The number of thioether (sulfide) groups is 1. The smallest absolute Gasteiger partial charge is 0.252 e. The zero-order valence-corrected chi connectivity index (χ0v) is 19.5. The molecule has 174 valence electrons. The minimum absolute atomic E-state index is 0.0505. The van der Waals surface area contributed by atoms with Crippen LogP contribution in [0.2, 0.25) is 0 Å². The SMILES string of the molecule is O=C(N[C@@H](CSCc1ccccc1)C(=O)N1CCC2OCC(=O)C21)c1cccc2ccccc12. The Morgan fingerprint density at radius 2 is 1.79 bits per heavy atom. The molecule has 3 aromatic carbocycles. The summed E-state index contributed by atoms with van der Waals surface area (Å²) in [6.45, 7) is 0.513. The summed E-state index contributed by atoms with van der Waals surface area (Å²) in [7, 11) is 0. The third-order valence-corrected chi connectivity index (χ3v) is 7.54. The third kappa shape index (κ3) is 4.58. The summed E-state index contributed by atoms with van der Waals surface area (Å²) < 4.78 is 5.55. The summed E-state index contributed by atoms with van der Waals surface area (Å²) in [5.41, 5.74) is 1.68. The van der Waals surface area contributed by atoms with E-state index in [4.69, 9.17) is 4.74 Å². The van der Waals surface area contributed by atoms with Crippen molar-refractivity contribution in [3.05, 3.63) is 83.9 Å². The highest BCUT2D eigenvalue weighted by Gasteiger charge is 2.48. The molecule has 2 fully saturated rings. The lowest BCUT2D eigenvalue weighted by atomic mass is 10.0. The molecular weight excluding hydrogens is 448 g/mol. The molecular formula is C27H26N2O4S. The van der Waals surface area contributed by atoms with Crippen molar-refractivity contribution in [2.24, 2.45) is 0 Å². The van der Waals surface area contributed by atoms with Gasteiger partial charge in [0.05, 0.1) is 6.10 Å². The van der Waals surface area contributed by atoms with Crippen molar-refractivity contribution in [2.45, 2.75) is 30.4 Å². The zero-order chi connectivity index (χ0) is 23.5. The van der Waals surface area contributed by atoms with Crippen molar-refractivity contribution >= 4 is 40.1 Å². The molecule has 0 aliphatic carbocycles. The van der Waals surface area contributed by atoms with Crippen molar-refractivity contribution in [1.29, 1.82) is 0 Å². The van der Waals surface area contributed by atoms with Gasteiger partial charge in [0.1, 0.15) is 18.7 Å². The van der Waals surface area contributed by atoms with Crippen LogP contribution < -0.4 is 5.32 Å². The van der Waals surface area contributed by atoms with E-state index in [1.165, 1.54) is 0 Å². The summed E-state index contributed by atoms with van der Waals surface area (Å²) in [6.07, 6.45) is 0.409. The van der Waals surface area contributed by atoms with Gasteiger partial charge in [-0.25, -0.2) is 0 Å². The van der Waals surface area contributed by atoms with Gasteiger partial charge >= 0.3 is 0 Å². The Bertz CT molecular complexity index is 1210. The van der Waals surface area contributed by atoms with Gasteiger partial charge in [0.2, 0.25) is 5.91 Å². The van der Waals surface area contributed by atoms with Gasteiger partial charge in [-0.2, -0.15) is 11.8 Å². The second-order valence-corrected chi connectivity index (χ2v) is 9.66. The van der Waals surface area contributed by atoms with E-state index in [1.54, 1.807) is 22.7 Å². The van der Waals surface area contributed by atoms with E-state index >= 15 is 0 Å². The first-order valence-corrected chi connectivity index (χ1v) is 12.6. The number of carbonyl (C=O) groups excluding carboxylic acids is 3. The molecule has 2 unspecified atom stereocenters. The van der Waals surface area contributed by atoms with Crippen molar-refractivity contribution < 1.29 is 19.1 Å². The fourth-order valence-electron chi connectivity index (χ4n) is 4.74. The maximum absolute atomic E-state index is 13.6. The number of ketones is 1. The van der Waals surface area contributed by atoms with Gasteiger partial charge in [0, 0.05) is 23.6 Å². The second-order valence-electron chi connectivity index (χ2n) is 8.63. The van der Waals surface area contributed by atoms with E-state index in [0.29, 0.717) is 24.3 Å². The Kier molecular flexibility index (Phi) is 6.65. The molecule has 34 heavy (non-hydrogen) atoms. The number of benzene rings is 3. The maximum atomic E-state index is 13.6. The van der Waals surface area contributed by atoms with Crippen LogP contribution in [0.5, 0.6) is 0 Å². The third-order valence-electron chi connectivity index (χ3n) is 6.43. The van der Waals surface area contributed by atoms with Crippen LogP contribution in [0.15, 0.2) is 72.8 Å². The Labute approximate surface area is 202 Å². The Balaban J connectivity index is 1.36. The predicted octanol–water partition coefficient (Wildman–Crippen LogP) is 3.44. The van der Waals surface area contributed by atoms with Gasteiger partial charge < -0.3 is 15.0 Å². The van der Waals surface area contributed by atoms with Gasteiger partial charge in [-0.1, -0.05) is 66.7 Å².